The molecule has 2 N–H and O–H groups in total. The number of rotatable bonds is 6. The van der Waals surface area contributed by atoms with Gasteiger partial charge in [0.2, 0.25) is 0 Å². The van der Waals surface area contributed by atoms with Crippen molar-refractivity contribution in [3.8, 4) is 5.75 Å². The van der Waals surface area contributed by atoms with Gasteiger partial charge in [-0.2, -0.15) is 0 Å². The van der Waals surface area contributed by atoms with Crippen molar-refractivity contribution >= 4 is 0 Å². The highest BCUT2D eigenvalue weighted by molar-refractivity contribution is 5.32. The van der Waals surface area contributed by atoms with Crippen LogP contribution in [0.25, 0.3) is 0 Å². The molecular formula is C17H29NO2. The van der Waals surface area contributed by atoms with Gasteiger partial charge in [0, 0.05) is 12.0 Å². The maximum atomic E-state index is 9.43. The van der Waals surface area contributed by atoms with E-state index in [-0.39, 0.29) is 23.7 Å². The van der Waals surface area contributed by atoms with Gasteiger partial charge in [0.15, 0.2) is 0 Å². The summed E-state index contributed by atoms with van der Waals surface area (Å²) in [5.74, 6) is 0.890. The van der Waals surface area contributed by atoms with Crippen LogP contribution in [-0.2, 0) is 5.41 Å². The average Bonchev–Trinajstić information content (AvgIpc) is 2.37. The number of hydrogen-bond donors (Lipinski definition) is 2. The molecule has 1 aromatic carbocycles. The minimum atomic E-state index is -0.305. The Bertz CT molecular complexity index is 419. The van der Waals surface area contributed by atoms with E-state index < -0.39 is 0 Å². The fourth-order valence-electron chi connectivity index (χ4n) is 2.19. The number of benzene rings is 1. The van der Waals surface area contributed by atoms with E-state index in [1.807, 2.05) is 33.0 Å². The van der Waals surface area contributed by atoms with Crippen LogP contribution in [0.3, 0.4) is 0 Å². The predicted molar refractivity (Wildman–Crippen MR) is 84.4 cm³/mol. The lowest BCUT2D eigenvalue weighted by molar-refractivity contribution is 0.115. The molecule has 2 unspecified atom stereocenters. The first-order valence-corrected chi connectivity index (χ1v) is 7.27. The summed E-state index contributed by atoms with van der Waals surface area (Å²) in [5.41, 5.74) is 1.08. The maximum absolute atomic E-state index is 9.43. The molecule has 0 aliphatic rings. The number of likely N-dealkylation sites (N-methyl/N-ethyl adjacent to an activating group) is 1. The SMILES string of the molecule is CNC(C)(CO)CC(C)Oc1cccc(C(C)(C)C)c1. The third-order valence-corrected chi connectivity index (χ3v) is 3.73. The molecule has 1 rings (SSSR count). The van der Waals surface area contributed by atoms with Crippen LogP contribution in [0.5, 0.6) is 5.75 Å². The summed E-state index contributed by atoms with van der Waals surface area (Å²) < 4.78 is 6.00. The molecule has 0 fully saturated rings. The molecule has 0 heterocycles. The molecule has 1 aromatic rings. The van der Waals surface area contributed by atoms with Crippen LogP contribution in [0.1, 0.15) is 46.6 Å². The van der Waals surface area contributed by atoms with Crippen molar-refractivity contribution in [1.29, 1.82) is 0 Å². The highest BCUT2D eigenvalue weighted by Crippen LogP contribution is 2.26. The average molecular weight is 279 g/mol. The zero-order valence-electron chi connectivity index (χ0n) is 13.7. The van der Waals surface area contributed by atoms with E-state index in [0.29, 0.717) is 0 Å². The number of aliphatic hydroxyl groups is 1. The van der Waals surface area contributed by atoms with Gasteiger partial charge >= 0.3 is 0 Å². The van der Waals surface area contributed by atoms with E-state index in [1.54, 1.807) is 0 Å². The standard InChI is InChI=1S/C17H29NO2/c1-13(11-17(5,12-19)18-6)20-15-9-7-8-14(10-15)16(2,3)4/h7-10,13,18-19H,11-12H2,1-6H3. The fourth-order valence-corrected chi connectivity index (χ4v) is 2.19. The van der Waals surface area contributed by atoms with Crippen LogP contribution in [0, 0.1) is 0 Å². The minimum Gasteiger partial charge on any atom is -0.491 e. The van der Waals surface area contributed by atoms with Crippen molar-refractivity contribution in [2.24, 2.45) is 0 Å². The van der Waals surface area contributed by atoms with E-state index in [0.717, 1.165) is 12.2 Å². The Morgan fingerprint density at radius 1 is 1.25 bits per heavy atom. The van der Waals surface area contributed by atoms with Crippen LogP contribution in [0.2, 0.25) is 0 Å². The van der Waals surface area contributed by atoms with Gasteiger partial charge in [-0.15, -0.1) is 0 Å². The number of aliphatic hydroxyl groups excluding tert-OH is 1. The van der Waals surface area contributed by atoms with Crippen molar-refractivity contribution in [2.45, 2.75) is 58.1 Å². The van der Waals surface area contributed by atoms with Crippen LogP contribution < -0.4 is 10.1 Å². The summed E-state index contributed by atoms with van der Waals surface area (Å²) in [6, 6.07) is 8.25. The molecule has 0 amide bonds. The van der Waals surface area contributed by atoms with Gasteiger partial charge in [0.05, 0.1) is 12.7 Å². The molecule has 114 valence electrons. The summed E-state index contributed by atoms with van der Waals surface area (Å²) >= 11 is 0. The second-order valence-electron chi connectivity index (χ2n) is 6.88. The summed E-state index contributed by atoms with van der Waals surface area (Å²) in [6.07, 6.45) is 0.787. The first kappa shape index (κ1) is 17.0. The zero-order chi connectivity index (χ0) is 15.4. The molecule has 0 saturated carbocycles. The van der Waals surface area contributed by atoms with Crippen LogP contribution >= 0.6 is 0 Å². The molecule has 0 saturated heterocycles. The Balaban J connectivity index is 2.74. The topological polar surface area (TPSA) is 41.5 Å². The van der Waals surface area contributed by atoms with E-state index in [9.17, 15) is 5.11 Å². The molecule has 3 nitrogen and oxygen atoms in total. The Hall–Kier alpha value is -1.06. The van der Waals surface area contributed by atoms with Crippen LogP contribution in [-0.4, -0.2) is 30.4 Å². The van der Waals surface area contributed by atoms with Gasteiger partial charge < -0.3 is 15.2 Å². The number of nitrogens with one attached hydrogen (secondary N) is 1. The van der Waals surface area contributed by atoms with Gasteiger partial charge in [-0.05, 0) is 44.0 Å². The lowest BCUT2D eigenvalue weighted by Gasteiger charge is -2.30. The van der Waals surface area contributed by atoms with Crippen LogP contribution in [0.4, 0.5) is 0 Å². The Labute approximate surface area is 123 Å². The molecule has 0 aliphatic carbocycles. The summed E-state index contributed by atoms with van der Waals surface area (Å²) in [6.45, 7) is 10.7. The number of ether oxygens (including phenoxy) is 1. The lowest BCUT2D eigenvalue weighted by Crippen LogP contribution is -2.46. The van der Waals surface area contributed by atoms with Gasteiger partial charge in [0.1, 0.15) is 5.75 Å². The first-order chi connectivity index (χ1) is 9.20. The molecular weight excluding hydrogens is 250 g/mol. The lowest BCUT2D eigenvalue weighted by atomic mass is 9.87. The normalized spacial score (nSPS) is 16.6. The number of hydrogen-bond acceptors (Lipinski definition) is 3. The fraction of sp³-hybridized carbons (Fsp3) is 0.647. The van der Waals surface area contributed by atoms with Gasteiger partial charge in [0.25, 0.3) is 0 Å². The maximum Gasteiger partial charge on any atom is 0.119 e. The summed E-state index contributed by atoms with van der Waals surface area (Å²) in [4.78, 5) is 0. The van der Waals surface area contributed by atoms with E-state index in [2.05, 4.69) is 38.2 Å². The minimum absolute atomic E-state index is 0.0369. The van der Waals surface area contributed by atoms with E-state index in [1.165, 1.54) is 5.56 Å². The van der Waals surface area contributed by atoms with Crippen molar-refractivity contribution in [3.05, 3.63) is 29.8 Å². The van der Waals surface area contributed by atoms with Gasteiger partial charge in [-0.1, -0.05) is 32.9 Å². The van der Waals surface area contributed by atoms with E-state index in [4.69, 9.17) is 4.74 Å². The Morgan fingerprint density at radius 2 is 1.90 bits per heavy atom. The van der Waals surface area contributed by atoms with Gasteiger partial charge in [-0.3, -0.25) is 0 Å². The van der Waals surface area contributed by atoms with Crippen molar-refractivity contribution in [1.82, 2.24) is 5.32 Å². The highest BCUT2D eigenvalue weighted by atomic mass is 16.5. The molecule has 0 radical (unpaired) electrons. The van der Waals surface area contributed by atoms with Crippen LogP contribution in [0.15, 0.2) is 24.3 Å². The predicted octanol–water partition coefficient (Wildman–Crippen LogP) is 3.11. The summed E-state index contributed by atoms with van der Waals surface area (Å²) in [7, 11) is 1.86. The van der Waals surface area contributed by atoms with Gasteiger partial charge in [-0.25, -0.2) is 0 Å². The molecule has 0 aliphatic heterocycles. The van der Waals surface area contributed by atoms with Crippen molar-refractivity contribution < 1.29 is 9.84 Å². The molecule has 3 heteroatoms. The quantitative estimate of drug-likeness (QED) is 0.840. The monoisotopic (exact) mass is 279 g/mol. The molecule has 20 heavy (non-hydrogen) atoms. The molecule has 0 spiro atoms. The third-order valence-electron chi connectivity index (χ3n) is 3.73. The smallest absolute Gasteiger partial charge is 0.119 e. The second kappa shape index (κ2) is 6.59. The zero-order valence-corrected chi connectivity index (χ0v) is 13.7. The van der Waals surface area contributed by atoms with Crippen molar-refractivity contribution in [3.63, 3.8) is 0 Å². The Kier molecular flexibility index (Phi) is 5.60. The third kappa shape index (κ3) is 4.80. The largest absolute Gasteiger partial charge is 0.491 e. The molecule has 2 atom stereocenters. The van der Waals surface area contributed by atoms with E-state index >= 15 is 0 Å². The molecule has 0 aromatic heterocycles. The van der Waals surface area contributed by atoms with Crippen molar-refractivity contribution in [2.75, 3.05) is 13.7 Å². The summed E-state index contributed by atoms with van der Waals surface area (Å²) in [5, 5.41) is 12.6. The highest BCUT2D eigenvalue weighted by Gasteiger charge is 2.24. The second-order valence-corrected chi connectivity index (χ2v) is 6.88. The first-order valence-electron chi connectivity index (χ1n) is 7.27. The molecule has 0 bridgehead atoms. The Morgan fingerprint density at radius 3 is 2.40 bits per heavy atom.